The molecule has 2 rings (SSSR count). The van der Waals surface area contributed by atoms with Gasteiger partial charge >= 0.3 is 0 Å². The number of nitrogens with zero attached hydrogens (tertiary/aromatic N) is 2. The van der Waals surface area contributed by atoms with Gasteiger partial charge in [0.25, 0.3) is 0 Å². The summed E-state index contributed by atoms with van der Waals surface area (Å²) in [5.74, 6) is -4.71. The molecule has 1 aromatic heterocycles. The van der Waals surface area contributed by atoms with Crippen molar-refractivity contribution in [3.63, 3.8) is 0 Å². The molecular formula is C16H18F3N5OS. The van der Waals surface area contributed by atoms with Crippen molar-refractivity contribution >= 4 is 28.9 Å². The molecule has 140 valence electrons. The lowest BCUT2D eigenvalue weighted by Crippen LogP contribution is -2.37. The molecule has 3 N–H and O–H groups in total. The molecule has 6 nitrogen and oxygen atoms in total. The zero-order chi connectivity index (χ0) is 19.1. The number of carbonyl (C=O) groups is 1. The summed E-state index contributed by atoms with van der Waals surface area (Å²) in [5.41, 5.74) is -0.444. The minimum atomic E-state index is -1.64. The molecule has 0 radical (unpaired) electrons. The average molecular weight is 385 g/mol. The second-order valence-corrected chi connectivity index (χ2v) is 6.50. The molecule has 0 aliphatic rings. The minimum Gasteiger partial charge on any atom is -0.357 e. The van der Waals surface area contributed by atoms with Crippen LogP contribution in [0.5, 0.6) is 0 Å². The van der Waals surface area contributed by atoms with Crippen molar-refractivity contribution in [3.8, 4) is 0 Å². The summed E-state index contributed by atoms with van der Waals surface area (Å²) >= 11 is 1.53. The molecule has 0 unspecified atom stereocenters. The maximum atomic E-state index is 13.6. The van der Waals surface area contributed by atoms with E-state index in [2.05, 4.69) is 25.9 Å². The van der Waals surface area contributed by atoms with E-state index in [1.807, 2.05) is 13.8 Å². The third kappa shape index (κ3) is 5.45. The van der Waals surface area contributed by atoms with Crippen LogP contribution in [0.2, 0.25) is 0 Å². The number of guanidine groups is 1. The van der Waals surface area contributed by atoms with Crippen molar-refractivity contribution in [1.82, 2.24) is 15.6 Å². The van der Waals surface area contributed by atoms with Crippen molar-refractivity contribution < 1.29 is 18.0 Å². The van der Waals surface area contributed by atoms with Gasteiger partial charge in [-0.15, -0.1) is 11.3 Å². The number of hydrogen-bond donors (Lipinski definition) is 3. The van der Waals surface area contributed by atoms with Gasteiger partial charge < -0.3 is 16.0 Å². The van der Waals surface area contributed by atoms with Crippen molar-refractivity contribution in [1.29, 1.82) is 0 Å². The number of halogens is 3. The topological polar surface area (TPSA) is 78.4 Å². The quantitative estimate of drug-likeness (QED) is 0.406. The third-order valence-corrected chi connectivity index (χ3v) is 4.02. The van der Waals surface area contributed by atoms with Crippen molar-refractivity contribution in [2.24, 2.45) is 4.99 Å². The molecule has 0 bridgehead atoms. The fraction of sp³-hybridized carbons (Fsp3) is 0.312. The summed E-state index contributed by atoms with van der Waals surface area (Å²) in [6.45, 7) is 4.49. The van der Waals surface area contributed by atoms with Crippen LogP contribution in [0.15, 0.2) is 23.3 Å². The van der Waals surface area contributed by atoms with Crippen molar-refractivity contribution in [2.45, 2.75) is 20.4 Å². The summed E-state index contributed by atoms with van der Waals surface area (Å²) in [7, 11) is 0. The van der Waals surface area contributed by atoms with Crippen LogP contribution in [0.4, 0.5) is 18.9 Å². The Morgan fingerprint density at radius 1 is 1.23 bits per heavy atom. The van der Waals surface area contributed by atoms with E-state index >= 15 is 0 Å². The van der Waals surface area contributed by atoms with Gasteiger partial charge in [0.05, 0.1) is 12.2 Å². The first-order valence-corrected chi connectivity index (χ1v) is 8.59. The Hall–Kier alpha value is -2.62. The number of amides is 1. The molecule has 26 heavy (non-hydrogen) atoms. The predicted molar refractivity (Wildman–Crippen MR) is 94.6 cm³/mol. The number of hydrogen-bond acceptors (Lipinski definition) is 4. The molecule has 0 spiro atoms. The van der Waals surface area contributed by atoms with Gasteiger partial charge in [-0.2, -0.15) is 0 Å². The lowest BCUT2D eigenvalue weighted by Gasteiger charge is -2.10. The fourth-order valence-corrected chi connectivity index (χ4v) is 2.67. The number of carbonyl (C=O) groups excluding carboxylic acids is 1. The van der Waals surface area contributed by atoms with E-state index in [0.717, 1.165) is 22.0 Å². The van der Waals surface area contributed by atoms with Gasteiger partial charge in [0.1, 0.15) is 11.6 Å². The third-order valence-electron chi connectivity index (χ3n) is 3.11. The highest BCUT2D eigenvalue weighted by Crippen LogP contribution is 2.19. The molecule has 10 heteroatoms. The number of anilines is 1. The fourth-order valence-electron chi connectivity index (χ4n) is 1.95. The highest BCUT2D eigenvalue weighted by atomic mass is 32.1. The summed E-state index contributed by atoms with van der Waals surface area (Å²) < 4.78 is 39.6. The van der Waals surface area contributed by atoms with Gasteiger partial charge in [-0.05, 0) is 26.0 Å². The highest BCUT2D eigenvalue weighted by molar-refractivity contribution is 7.11. The van der Waals surface area contributed by atoms with Gasteiger partial charge in [0.2, 0.25) is 5.91 Å². The Morgan fingerprint density at radius 2 is 2.00 bits per heavy atom. The Morgan fingerprint density at radius 3 is 2.65 bits per heavy atom. The van der Waals surface area contributed by atoms with E-state index in [1.54, 1.807) is 6.20 Å². The number of aryl methyl sites for hydroxylation is 1. The van der Waals surface area contributed by atoms with Gasteiger partial charge in [-0.25, -0.2) is 23.1 Å². The second kappa shape index (κ2) is 9.18. The van der Waals surface area contributed by atoms with Crippen LogP contribution in [0.25, 0.3) is 0 Å². The first kappa shape index (κ1) is 19.7. The van der Waals surface area contributed by atoms with Crippen LogP contribution in [-0.4, -0.2) is 29.9 Å². The summed E-state index contributed by atoms with van der Waals surface area (Å²) in [4.78, 5) is 21.2. The molecule has 0 atom stereocenters. The molecule has 1 amide bonds. The average Bonchev–Trinajstić information content (AvgIpc) is 3.03. The van der Waals surface area contributed by atoms with E-state index < -0.39 is 29.0 Å². The van der Waals surface area contributed by atoms with Crippen LogP contribution in [-0.2, 0) is 11.3 Å². The molecule has 0 fully saturated rings. The number of aromatic nitrogens is 1. The number of benzene rings is 1. The molecule has 0 saturated heterocycles. The zero-order valence-corrected chi connectivity index (χ0v) is 15.0. The monoisotopic (exact) mass is 385 g/mol. The second-order valence-electron chi connectivity index (χ2n) is 5.18. The molecular weight excluding hydrogens is 367 g/mol. The number of rotatable bonds is 6. The molecule has 0 aliphatic heterocycles. The summed E-state index contributed by atoms with van der Waals surface area (Å²) in [6, 6.07) is 1.68. The van der Waals surface area contributed by atoms with E-state index in [0.29, 0.717) is 19.0 Å². The van der Waals surface area contributed by atoms with Gasteiger partial charge in [0.15, 0.2) is 23.4 Å². The van der Waals surface area contributed by atoms with Crippen LogP contribution in [0.1, 0.15) is 16.8 Å². The number of thiazole rings is 1. The standard InChI is InChI=1S/C16H18F3N5OS/c1-3-20-16(23-8-13-21-6-9(2)26-13)22-7-12(25)24-11-5-4-10(17)14(18)15(11)19/h4-6H,3,7-8H2,1-2H3,(H,24,25)(H2,20,22,23). The Balaban J connectivity index is 1.95. The van der Waals surface area contributed by atoms with Crippen LogP contribution in [0, 0.1) is 24.4 Å². The maximum absolute atomic E-state index is 13.6. The van der Waals surface area contributed by atoms with Crippen LogP contribution < -0.4 is 16.0 Å². The highest BCUT2D eigenvalue weighted by Gasteiger charge is 2.15. The van der Waals surface area contributed by atoms with Gasteiger partial charge in [-0.3, -0.25) is 4.79 Å². The normalized spacial score (nSPS) is 11.3. The zero-order valence-electron chi connectivity index (χ0n) is 14.2. The maximum Gasteiger partial charge on any atom is 0.246 e. The Bertz CT molecular complexity index is 809. The van der Waals surface area contributed by atoms with Crippen molar-refractivity contribution in [3.05, 3.63) is 45.7 Å². The molecule has 1 aromatic carbocycles. The largest absolute Gasteiger partial charge is 0.357 e. The predicted octanol–water partition coefficient (Wildman–Crippen LogP) is 2.56. The first-order chi connectivity index (χ1) is 12.4. The lowest BCUT2D eigenvalue weighted by atomic mass is 10.3. The van der Waals surface area contributed by atoms with Gasteiger partial charge in [0, 0.05) is 17.6 Å². The van der Waals surface area contributed by atoms with E-state index in [9.17, 15) is 18.0 Å². The van der Waals surface area contributed by atoms with Crippen LogP contribution >= 0.6 is 11.3 Å². The minimum absolute atomic E-state index is 0.329. The first-order valence-electron chi connectivity index (χ1n) is 7.77. The Labute approximate surface area is 152 Å². The smallest absolute Gasteiger partial charge is 0.246 e. The van der Waals surface area contributed by atoms with Gasteiger partial charge in [-0.1, -0.05) is 0 Å². The van der Waals surface area contributed by atoms with E-state index in [4.69, 9.17) is 0 Å². The van der Waals surface area contributed by atoms with E-state index in [-0.39, 0.29) is 6.54 Å². The molecule has 1 heterocycles. The summed E-state index contributed by atoms with van der Waals surface area (Å²) in [6.07, 6.45) is 1.76. The number of nitrogens with one attached hydrogen (secondary N) is 3. The van der Waals surface area contributed by atoms with Crippen LogP contribution in [0.3, 0.4) is 0 Å². The SMILES string of the molecule is CCNC(=NCC(=O)Nc1ccc(F)c(F)c1F)NCc1ncc(C)s1. The van der Waals surface area contributed by atoms with E-state index in [1.165, 1.54) is 11.3 Å². The molecule has 0 aliphatic carbocycles. The molecule has 2 aromatic rings. The summed E-state index contributed by atoms with van der Waals surface area (Å²) in [5, 5.41) is 9.00. The molecule has 0 saturated carbocycles. The lowest BCUT2D eigenvalue weighted by molar-refractivity contribution is -0.114. The van der Waals surface area contributed by atoms with Crippen molar-refractivity contribution in [2.75, 3.05) is 18.4 Å². The Kier molecular flexibility index (Phi) is 6.96. The number of aliphatic imine (C=N–C) groups is 1.